The molecule has 1 aromatic rings. The van der Waals surface area contributed by atoms with Gasteiger partial charge in [0.25, 0.3) is 0 Å². The molecule has 98 valence electrons. The summed E-state index contributed by atoms with van der Waals surface area (Å²) in [5.41, 5.74) is 1.01. The van der Waals surface area contributed by atoms with E-state index in [1.54, 1.807) is 12.1 Å². The fourth-order valence-electron chi connectivity index (χ4n) is 2.30. The van der Waals surface area contributed by atoms with Crippen LogP contribution in [0.25, 0.3) is 0 Å². The zero-order chi connectivity index (χ0) is 13.0. The van der Waals surface area contributed by atoms with Gasteiger partial charge in [0.2, 0.25) is 0 Å². The lowest BCUT2D eigenvalue weighted by Gasteiger charge is -2.14. The Morgan fingerprint density at radius 1 is 1.44 bits per heavy atom. The third kappa shape index (κ3) is 3.27. The van der Waals surface area contributed by atoms with E-state index in [0.29, 0.717) is 12.5 Å². The van der Waals surface area contributed by atoms with Crippen LogP contribution in [0.3, 0.4) is 0 Å². The highest BCUT2D eigenvalue weighted by Gasteiger charge is 2.24. The molecule has 3 N–H and O–H groups in total. The minimum atomic E-state index is -0.962. The molecule has 2 unspecified atom stereocenters. The van der Waals surface area contributed by atoms with E-state index >= 15 is 0 Å². The highest BCUT2D eigenvalue weighted by atomic mass is 16.4. The van der Waals surface area contributed by atoms with Gasteiger partial charge < -0.3 is 15.5 Å². The Kier molecular flexibility index (Phi) is 4.28. The van der Waals surface area contributed by atoms with Crippen molar-refractivity contribution in [3.63, 3.8) is 0 Å². The maximum absolute atomic E-state index is 10.7. The molecule has 5 heteroatoms. The Hall–Kier alpha value is -1.46. The quantitative estimate of drug-likeness (QED) is 0.727. The number of aliphatic hydroxyl groups excluding tert-OH is 1. The lowest BCUT2D eigenvalue weighted by molar-refractivity contribution is 0.0696. The van der Waals surface area contributed by atoms with Crippen LogP contribution in [-0.4, -0.2) is 33.8 Å². The molecule has 0 aliphatic heterocycles. The summed E-state index contributed by atoms with van der Waals surface area (Å²) in [5.74, 6) is -0.626. The van der Waals surface area contributed by atoms with Crippen LogP contribution in [0.1, 0.15) is 35.3 Å². The van der Waals surface area contributed by atoms with Crippen LogP contribution in [0.15, 0.2) is 18.3 Å². The van der Waals surface area contributed by atoms with Gasteiger partial charge in [-0.1, -0.05) is 6.42 Å². The Morgan fingerprint density at radius 3 is 2.83 bits per heavy atom. The maximum Gasteiger partial charge on any atom is 0.337 e. The molecule has 18 heavy (non-hydrogen) atoms. The first kappa shape index (κ1) is 13.0. The topological polar surface area (TPSA) is 82.5 Å². The number of aliphatic hydroxyl groups is 1. The number of carboxylic acids is 1. The Labute approximate surface area is 106 Å². The number of hydrogen-bond acceptors (Lipinski definition) is 4. The number of carbonyl (C=O) groups is 1. The monoisotopic (exact) mass is 250 g/mol. The average molecular weight is 250 g/mol. The molecule has 2 rings (SSSR count). The van der Waals surface area contributed by atoms with Crippen LogP contribution in [0.2, 0.25) is 0 Å². The number of aromatic nitrogens is 1. The SMILES string of the molecule is O=C(O)c1ccc(CNCC2CCCC2O)nc1. The number of nitrogens with one attached hydrogen (secondary N) is 1. The second-order valence-corrected chi connectivity index (χ2v) is 4.73. The standard InChI is InChI=1S/C13H18N2O3/c16-12-3-1-2-9(12)6-14-8-11-5-4-10(7-15-11)13(17)18/h4-5,7,9,12,14,16H,1-3,6,8H2,(H,17,18). The molecule has 0 saturated heterocycles. The molecule has 5 nitrogen and oxygen atoms in total. The molecular weight excluding hydrogens is 232 g/mol. The molecule has 0 aromatic carbocycles. The summed E-state index contributed by atoms with van der Waals surface area (Å²) >= 11 is 0. The van der Waals surface area contributed by atoms with Crippen molar-refractivity contribution in [2.75, 3.05) is 6.54 Å². The van der Waals surface area contributed by atoms with Crippen molar-refractivity contribution in [1.29, 1.82) is 0 Å². The highest BCUT2D eigenvalue weighted by Crippen LogP contribution is 2.24. The van der Waals surface area contributed by atoms with Crippen LogP contribution in [0.4, 0.5) is 0 Å². The van der Waals surface area contributed by atoms with Gasteiger partial charge in [-0.25, -0.2) is 4.79 Å². The summed E-state index contributed by atoms with van der Waals surface area (Å²) in [4.78, 5) is 14.7. The fourth-order valence-corrected chi connectivity index (χ4v) is 2.30. The number of carboxylic acid groups (broad SMARTS) is 1. The molecule has 1 aliphatic carbocycles. The largest absolute Gasteiger partial charge is 0.478 e. The maximum atomic E-state index is 10.7. The summed E-state index contributed by atoms with van der Waals surface area (Å²) < 4.78 is 0. The summed E-state index contributed by atoms with van der Waals surface area (Å²) in [6.07, 6.45) is 4.25. The third-order valence-electron chi connectivity index (χ3n) is 3.40. The predicted octanol–water partition coefficient (Wildman–Crippen LogP) is 1.03. The van der Waals surface area contributed by atoms with E-state index in [4.69, 9.17) is 5.11 Å². The van der Waals surface area contributed by atoms with Gasteiger partial charge in [-0.2, -0.15) is 0 Å². The molecule has 2 atom stereocenters. The first-order chi connectivity index (χ1) is 8.66. The zero-order valence-corrected chi connectivity index (χ0v) is 10.2. The number of pyridine rings is 1. The summed E-state index contributed by atoms with van der Waals surface area (Å²) in [6.45, 7) is 1.38. The first-order valence-electron chi connectivity index (χ1n) is 6.24. The molecule has 1 saturated carbocycles. The van der Waals surface area contributed by atoms with Gasteiger partial charge in [-0.15, -0.1) is 0 Å². The van der Waals surface area contributed by atoms with Gasteiger partial charge in [0.05, 0.1) is 17.4 Å². The minimum Gasteiger partial charge on any atom is -0.478 e. The van der Waals surface area contributed by atoms with Crippen molar-refractivity contribution in [2.24, 2.45) is 5.92 Å². The summed E-state index contributed by atoms with van der Waals surface area (Å²) in [7, 11) is 0. The van der Waals surface area contributed by atoms with Gasteiger partial charge in [0.15, 0.2) is 0 Å². The lowest BCUT2D eigenvalue weighted by Crippen LogP contribution is -2.27. The Morgan fingerprint density at radius 2 is 2.28 bits per heavy atom. The molecule has 1 fully saturated rings. The molecule has 0 amide bonds. The second-order valence-electron chi connectivity index (χ2n) is 4.73. The predicted molar refractivity (Wildman–Crippen MR) is 66.3 cm³/mol. The smallest absolute Gasteiger partial charge is 0.337 e. The number of nitrogens with zero attached hydrogens (tertiary/aromatic N) is 1. The average Bonchev–Trinajstić information content (AvgIpc) is 2.76. The third-order valence-corrected chi connectivity index (χ3v) is 3.40. The van der Waals surface area contributed by atoms with E-state index in [-0.39, 0.29) is 11.7 Å². The molecule has 1 heterocycles. The molecule has 0 bridgehead atoms. The van der Waals surface area contributed by atoms with Crippen LogP contribution in [0, 0.1) is 5.92 Å². The zero-order valence-electron chi connectivity index (χ0n) is 10.2. The van der Waals surface area contributed by atoms with E-state index < -0.39 is 5.97 Å². The van der Waals surface area contributed by atoms with Gasteiger partial charge in [0, 0.05) is 19.3 Å². The Balaban J connectivity index is 1.78. The van der Waals surface area contributed by atoms with Gasteiger partial charge in [0.1, 0.15) is 0 Å². The van der Waals surface area contributed by atoms with E-state index in [0.717, 1.165) is 31.5 Å². The van der Waals surface area contributed by atoms with Crippen LogP contribution in [0.5, 0.6) is 0 Å². The molecule has 1 aromatic heterocycles. The highest BCUT2D eigenvalue weighted by molar-refractivity contribution is 5.87. The van der Waals surface area contributed by atoms with Crippen molar-refractivity contribution < 1.29 is 15.0 Å². The van der Waals surface area contributed by atoms with E-state index in [2.05, 4.69) is 10.3 Å². The van der Waals surface area contributed by atoms with Crippen molar-refractivity contribution in [1.82, 2.24) is 10.3 Å². The van der Waals surface area contributed by atoms with Crippen LogP contribution < -0.4 is 5.32 Å². The minimum absolute atomic E-state index is 0.181. The van der Waals surface area contributed by atoms with Gasteiger partial charge in [-0.3, -0.25) is 4.98 Å². The summed E-state index contributed by atoms with van der Waals surface area (Å²) in [5, 5.41) is 21.7. The fraction of sp³-hybridized carbons (Fsp3) is 0.538. The van der Waals surface area contributed by atoms with E-state index in [1.165, 1.54) is 6.20 Å². The molecule has 1 aliphatic rings. The van der Waals surface area contributed by atoms with Crippen LogP contribution >= 0.6 is 0 Å². The van der Waals surface area contributed by atoms with Crippen molar-refractivity contribution in [3.05, 3.63) is 29.6 Å². The number of rotatable bonds is 5. The van der Waals surface area contributed by atoms with E-state index in [1.807, 2.05) is 0 Å². The first-order valence-corrected chi connectivity index (χ1v) is 6.24. The summed E-state index contributed by atoms with van der Waals surface area (Å²) in [6, 6.07) is 3.26. The number of hydrogen-bond donors (Lipinski definition) is 3. The van der Waals surface area contributed by atoms with Gasteiger partial charge >= 0.3 is 5.97 Å². The second kappa shape index (κ2) is 5.93. The number of aromatic carboxylic acids is 1. The van der Waals surface area contributed by atoms with E-state index in [9.17, 15) is 9.90 Å². The van der Waals surface area contributed by atoms with Crippen molar-refractivity contribution >= 4 is 5.97 Å². The van der Waals surface area contributed by atoms with Crippen molar-refractivity contribution in [2.45, 2.75) is 31.9 Å². The van der Waals surface area contributed by atoms with Gasteiger partial charge in [-0.05, 0) is 30.9 Å². The Bertz CT molecular complexity index is 405. The van der Waals surface area contributed by atoms with Crippen LogP contribution in [-0.2, 0) is 6.54 Å². The lowest BCUT2D eigenvalue weighted by atomic mass is 10.1. The normalized spacial score (nSPS) is 23.2. The molecule has 0 spiro atoms. The van der Waals surface area contributed by atoms with Crippen molar-refractivity contribution in [3.8, 4) is 0 Å². The molecule has 0 radical (unpaired) electrons. The molecular formula is C13H18N2O3.